The summed E-state index contributed by atoms with van der Waals surface area (Å²) in [7, 11) is 0. The molecule has 102 valence electrons. The quantitative estimate of drug-likeness (QED) is 0.570. The SMILES string of the molecule is CCCCCC(O)Cc1nc(C(=O)OCC)co1. The molecule has 1 atom stereocenters. The number of aliphatic hydroxyl groups is 1. The molecule has 0 spiro atoms. The van der Waals surface area contributed by atoms with Crippen molar-refractivity contribution in [3.05, 3.63) is 17.8 Å². The van der Waals surface area contributed by atoms with Crippen molar-refractivity contribution in [2.45, 2.75) is 52.1 Å². The van der Waals surface area contributed by atoms with Crippen molar-refractivity contribution in [1.82, 2.24) is 4.98 Å². The lowest BCUT2D eigenvalue weighted by Gasteiger charge is -2.06. The van der Waals surface area contributed by atoms with Crippen LogP contribution in [0.4, 0.5) is 0 Å². The smallest absolute Gasteiger partial charge is 0.360 e. The highest BCUT2D eigenvalue weighted by Crippen LogP contribution is 2.10. The summed E-state index contributed by atoms with van der Waals surface area (Å²) in [5, 5.41) is 9.76. The molecule has 1 heterocycles. The van der Waals surface area contributed by atoms with Gasteiger partial charge in [0.2, 0.25) is 0 Å². The van der Waals surface area contributed by atoms with Crippen LogP contribution in [0.1, 0.15) is 55.9 Å². The van der Waals surface area contributed by atoms with Gasteiger partial charge in [-0.25, -0.2) is 9.78 Å². The number of hydrogen-bond acceptors (Lipinski definition) is 5. The van der Waals surface area contributed by atoms with E-state index in [9.17, 15) is 9.90 Å². The molecule has 0 fully saturated rings. The van der Waals surface area contributed by atoms with Gasteiger partial charge >= 0.3 is 5.97 Å². The van der Waals surface area contributed by atoms with E-state index in [0.717, 1.165) is 25.7 Å². The van der Waals surface area contributed by atoms with Crippen molar-refractivity contribution in [3.8, 4) is 0 Å². The zero-order chi connectivity index (χ0) is 13.4. The molecule has 0 aromatic carbocycles. The van der Waals surface area contributed by atoms with Crippen LogP contribution in [0.2, 0.25) is 0 Å². The molecule has 0 bridgehead atoms. The van der Waals surface area contributed by atoms with E-state index in [1.165, 1.54) is 6.26 Å². The number of ether oxygens (including phenoxy) is 1. The normalized spacial score (nSPS) is 12.4. The highest BCUT2D eigenvalue weighted by atomic mass is 16.5. The molecule has 1 unspecified atom stereocenters. The van der Waals surface area contributed by atoms with Crippen LogP contribution in [0.5, 0.6) is 0 Å². The Hall–Kier alpha value is -1.36. The minimum atomic E-state index is -0.493. The Morgan fingerprint density at radius 3 is 2.94 bits per heavy atom. The molecule has 0 aliphatic rings. The monoisotopic (exact) mass is 255 g/mol. The summed E-state index contributed by atoms with van der Waals surface area (Å²) in [5.41, 5.74) is 0.160. The minimum Gasteiger partial charge on any atom is -0.461 e. The number of unbranched alkanes of at least 4 members (excludes halogenated alkanes) is 2. The van der Waals surface area contributed by atoms with E-state index in [2.05, 4.69) is 11.9 Å². The van der Waals surface area contributed by atoms with Crippen molar-refractivity contribution in [3.63, 3.8) is 0 Å². The summed E-state index contributed by atoms with van der Waals surface area (Å²) in [6, 6.07) is 0. The first-order valence-electron chi connectivity index (χ1n) is 6.47. The number of esters is 1. The zero-order valence-electron chi connectivity index (χ0n) is 11.0. The van der Waals surface area contributed by atoms with Gasteiger partial charge in [0.25, 0.3) is 0 Å². The van der Waals surface area contributed by atoms with Crippen molar-refractivity contribution < 1.29 is 19.1 Å². The van der Waals surface area contributed by atoms with Gasteiger partial charge in [-0.1, -0.05) is 26.2 Å². The van der Waals surface area contributed by atoms with Gasteiger partial charge in [-0.15, -0.1) is 0 Å². The van der Waals surface area contributed by atoms with Crippen LogP contribution in [0, 0.1) is 0 Å². The van der Waals surface area contributed by atoms with Crippen molar-refractivity contribution in [1.29, 1.82) is 0 Å². The van der Waals surface area contributed by atoms with E-state index in [-0.39, 0.29) is 5.69 Å². The van der Waals surface area contributed by atoms with Crippen LogP contribution in [0.15, 0.2) is 10.7 Å². The molecule has 0 aliphatic carbocycles. The Labute approximate surface area is 107 Å². The maximum Gasteiger partial charge on any atom is 0.360 e. The molecule has 0 amide bonds. The molecule has 0 radical (unpaired) electrons. The zero-order valence-corrected chi connectivity index (χ0v) is 11.0. The van der Waals surface area contributed by atoms with E-state index in [4.69, 9.17) is 9.15 Å². The van der Waals surface area contributed by atoms with Crippen molar-refractivity contribution in [2.75, 3.05) is 6.61 Å². The predicted molar refractivity (Wildman–Crippen MR) is 66.3 cm³/mol. The van der Waals surface area contributed by atoms with Gasteiger partial charge in [0.05, 0.1) is 19.1 Å². The average molecular weight is 255 g/mol. The summed E-state index contributed by atoms with van der Waals surface area (Å²) >= 11 is 0. The first-order valence-corrected chi connectivity index (χ1v) is 6.47. The second kappa shape index (κ2) is 7.87. The van der Waals surface area contributed by atoms with Gasteiger partial charge in [-0.2, -0.15) is 0 Å². The number of aliphatic hydroxyl groups excluding tert-OH is 1. The number of nitrogens with zero attached hydrogens (tertiary/aromatic N) is 1. The minimum absolute atomic E-state index is 0.160. The summed E-state index contributed by atoms with van der Waals surface area (Å²) < 4.78 is 9.94. The summed E-state index contributed by atoms with van der Waals surface area (Å²) in [6.45, 7) is 4.16. The second-order valence-electron chi connectivity index (χ2n) is 4.20. The molecule has 1 aromatic heterocycles. The van der Waals surface area contributed by atoms with Crippen LogP contribution in [0.25, 0.3) is 0 Å². The van der Waals surface area contributed by atoms with Gasteiger partial charge in [-0.05, 0) is 13.3 Å². The lowest BCUT2D eigenvalue weighted by molar-refractivity contribution is 0.0519. The molecule has 1 rings (SSSR count). The Bertz CT molecular complexity index is 362. The molecule has 0 saturated heterocycles. The van der Waals surface area contributed by atoms with Crippen LogP contribution in [0.3, 0.4) is 0 Å². The van der Waals surface area contributed by atoms with E-state index in [0.29, 0.717) is 18.9 Å². The van der Waals surface area contributed by atoms with Crippen LogP contribution >= 0.6 is 0 Å². The van der Waals surface area contributed by atoms with E-state index in [1.54, 1.807) is 6.92 Å². The van der Waals surface area contributed by atoms with Gasteiger partial charge in [-0.3, -0.25) is 0 Å². The van der Waals surface area contributed by atoms with Crippen molar-refractivity contribution >= 4 is 5.97 Å². The molecule has 1 N–H and O–H groups in total. The topological polar surface area (TPSA) is 72.6 Å². The third kappa shape index (κ3) is 4.87. The maximum atomic E-state index is 11.3. The van der Waals surface area contributed by atoms with Crippen LogP contribution in [-0.2, 0) is 11.2 Å². The van der Waals surface area contributed by atoms with Gasteiger partial charge < -0.3 is 14.3 Å². The first-order chi connectivity index (χ1) is 8.67. The maximum absolute atomic E-state index is 11.3. The molecule has 5 nitrogen and oxygen atoms in total. The van der Waals surface area contributed by atoms with Crippen LogP contribution in [-0.4, -0.2) is 28.8 Å². The third-order valence-corrected chi connectivity index (χ3v) is 2.59. The lowest BCUT2D eigenvalue weighted by atomic mass is 10.1. The summed E-state index contributed by atoms with van der Waals surface area (Å²) in [6.07, 6.45) is 5.09. The standard InChI is InChI=1S/C13H21NO4/c1-3-5-6-7-10(15)8-12-14-11(9-18-12)13(16)17-4-2/h9-10,15H,3-8H2,1-2H3. The van der Waals surface area contributed by atoms with Gasteiger partial charge in [0.15, 0.2) is 11.6 Å². The Morgan fingerprint density at radius 1 is 1.50 bits per heavy atom. The fourth-order valence-corrected chi connectivity index (χ4v) is 1.64. The largest absolute Gasteiger partial charge is 0.461 e. The Kier molecular flexibility index (Phi) is 6.43. The van der Waals surface area contributed by atoms with Crippen LogP contribution < -0.4 is 0 Å². The highest BCUT2D eigenvalue weighted by Gasteiger charge is 2.15. The van der Waals surface area contributed by atoms with Gasteiger partial charge in [0, 0.05) is 0 Å². The van der Waals surface area contributed by atoms with Gasteiger partial charge in [0.1, 0.15) is 6.26 Å². The molecule has 0 aliphatic heterocycles. The third-order valence-electron chi connectivity index (χ3n) is 2.59. The average Bonchev–Trinajstić information content (AvgIpc) is 2.78. The Morgan fingerprint density at radius 2 is 2.28 bits per heavy atom. The number of carbonyl (C=O) groups excluding carboxylic acids is 1. The number of aromatic nitrogens is 1. The number of rotatable bonds is 8. The molecular formula is C13H21NO4. The van der Waals surface area contributed by atoms with E-state index >= 15 is 0 Å². The number of hydrogen-bond donors (Lipinski definition) is 1. The summed E-state index contributed by atoms with van der Waals surface area (Å²) in [4.78, 5) is 15.3. The fraction of sp³-hybridized carbons (Fsp3) is 0.692. The lowest BCUT2D eigenvalue weighted by Crippen LogP contribution is -2.11. The molecule has 18 heavy (non-hydrogen) atoms. The molecule has 1 aromatic rings. The molecule has 0 saturated carbocycles. The fourth-order valence-electron chi connectivity index (χ4n) is 1.64. The number of oxazole rings is 1. The highest BCUT2D eigenvalue weighted by molar-refractivity contribution is 5.86. The molecular weight excluding hydrogens is 234 g/mol. The predicted octanol–water partition coefficient (Wildman–Crippen LogP) is 2.34. The second-order valence-corrected chi connectivity index (χ2v) is 4.20. The van der Waals surface area contributed by atoms with E-state index in [1.807, 2.05) is 0 Å². The van der Waals surface area contributed by atoms with E-state index < -0.39 is 12.1 Å². The summed E-state index contributed by atoms with van der Waals surface area (Å²) in [5.74, 6) is -0.116. The van der Waals surface area contributed by atoms with Crippen molar-refractivity contribution in [2.24, 2.45) is 0 Å². The first kappa shape index (κ1) is 14.7. The molecule has 5 heteroatoms. The number of carbonyl (C=O) groups is 1. The Balaban J connectivity index is 2.41.